The minimum absolute atomic E-state index is 0.256. The largest absolute Gasteiger partial charge is 0.481 e. The van der Waals surface area contributed by atoms with Crippen LogP contribution in [0.25, 0.3) is 0 Å². The molecule has 0 bridgehead atoms. The zero-order valence-electron chi connectivity index (χ0n) is 11.4. The van der Waals surface area contributed by atoms with Gasteiger partial charge in [0.05, 0.1) is 0 Å². The number of hydrogen-bond acceptors (Lipinski definition) is 3. The van der Waals surface area contributed by atoms with Gasteiger partial charge in [0.1, 0.15) is 12.0 Å². The minimum Gasteiger partial charge on any atom is -0.481 e. The molecule has 0 aliphatic heterocycles. The van der Waals surface area contributed by atoms with Gasteiger partial charge in [-0.05, 0) is 43.3 Å². The number of benzene rings is 2. The molecule has 21 heavy (non-hydrogen) atoms. The maximum absolute atomic E-state index is 12.0. The van der Waals surface area contributed by atoms with Crippen LogP contribution >= 0.6 is 15.9 Å². The molecule has 0 saturated carbocycles. The first-order valence-corrected chi connectivity index (χ1v) is 7.16. The second kappa shape index (κ2) is 7.04. The van der Waals surface area contributed by atoms with E-state index in [4.69, 9.17) is 4.74 Å². The number of halogens is 1. The topological polar surface area (TPSA) is 55.4 Å². The van der Waals surface area contributed by atoms with Crippen LogP contribution in [-0.2, 0) is 4.79 Å². The Morgan fingerprint density at radius 2 is 1.95 bits per heavy atom. The van der Waals surface area contributed by atoms with Gasteiger partial charge in [0.2, 0.25) is 0 Å². The normalized spacial score (nSPS) is 11.5. The summed E-state index contributed by atoms with van der Waals surface area (Å²) in [5.74, 6) is 0.229. The molecule has 0 aromatic heterocycles. The Balaban J connectivity index is 1.98. The van der Waals surface area contributed by atoms with Gasteiger partial charge in [-0.1, -0.05) is 28.1 Å². The van der Waals surface area contributed by atoms with Gasteiger partial charge >= 0.3 is 0 Å². The summed E-state index contributed by atoms with van der Waals surface area (Å²) in [6, 6.07) is 13.9. The first kappa shape index (κ1) is 15.3. The van der Waals surface area contributed by atoms with E-state index >= 15 is 0 Å². The molecule has 2 aromatic carbocycles. The Kier molecular flexibility index (Phi) is 5.11. The SMILES string of the molecule is CC(Oc1cccc(C=O)c1)C(=O)Nc1ccc(Br)cc1. The third-order valence-electron chi connectivity index (χ3n) is 2.79. The number of rotatable bonds is 5. The Hall–Kier alpha value is -2.14. The predicted octanol–water partition coefficient (Wildman–Crippen LogP) is 3.67. The molecule has 0 aliphatic rings. The summed E-state index contributed by atoms with van der Waals surface area (Å²) in [7, 11) is 0. The second-order valence-electron chi connectivity index (χ2n) is 4.45. The third-order valence-corrected chi connectivity index (χ3v) is 3.32. The highest BCUT2D eigenvalue weighted by Crippen LogP contribution is 2.16. The molecule has 0 radical (unpaired) electrons. The minimum atomic E-state index is -0.671. The van der Waals surface area contributed by atoms with E-state index in [0.717, 1.165) is 10.8 Å². The maximum Gasteiger partial charge on any atom is 0.265 e. The van der Waals surface area contributed by atoms with Gasteiger partial charge in [0.25, 0.3) is 5.91 Å². The van der Waals surface area contributed by atoms with Gasteiger partial charge in [-0.25, -0.2) is 0 Å². The summed E-state index contributed by atoms with van der Waals surface area (Å²) >= 11 is 3.33. The van der Waals surface area contributed by atoms with Crippen molar-refractivity contribution < 1.29 is 14.3 Å². The number of hydrogen-bond donors (Lipinski definition) is 1. The quantitative estimate of drug-likeness (QED) is 0.839. The molecule has 1 N–H and O–H groups in total. The number of ether oxygens (including phenoxy) is 1. The third kappa shape index (κ3) is 4.43. The molecule has 4 nitrogen and oxygen atoms in total. The number of amides is 1. The highest BCUT2D eigenvalue weighted by molar-refractivity contribution is 9.10. The smallest absolute Gasteiger partial charge is 0.265 e. The van der Waals surface area contributed by atoms with Crippen molar-refractivity contribution in [2.75, 3.05) is 5.32 Å². The van der Waals surface area contributed by atoms with Gasteiger partial charge in [0, 0.05) is 15.7 Å². The summed E-state index contributed by atoms with van der Waals surface area (Å²) in [5.41, 5.74) is 1.20. The number of anilines is 1. The summed E-state index contributed by atoms with van der Waals surface area (Å²) in [5, 5.41) is 2.76. The lowest BCUT2D eigenvalue weighted by Gasteiger charge is -2.15. The summed E-state index contributed by atoms with van der Waals surface area (Å²) < 4.78 is 6.47. The number of carbonyl (C=O) groups excluding carboxylic acids is 2. The van der Waals surface area contributed by atoms with Crippen LogP contribution < -0.4 is 10.1 Å². The van der Waals surface area contributed by atoms with Crippen molar-refractivity contribution in [3.05, 3.63) is 58.6 Å². The van der Waals surface area contributed by atoms with Crippen LogP contribution in [0.2, 0.25) is 0 Å². The predicted molar refractivity (Wildman–Crippen MR) is 84.7 cm³/mol. The Bertz CT molecular complexity index is 640. The van der Waals surface area contributed by atoms with Gasteiger partial charge in [-0.3, -0.25) is 9.59 Å². The van der Waals surface area contributed by atoms with E-state index in [9.17, 15) is 9.59 Å². The van der Waals surface area contributed by atoms with Gasteiger partial charge < -0.3 is 10.1 Å². The number of aldehydes is 1. The molecule has 0 heterocycles. The van der Waals surface area contributed by atoms with E-state index in [-0.39, 0.29) is 5.91 Å². The van der Waals surface area contributed by atoms with Crippen LogP contribution in [0.15, 0.2) is 53.0 Å². The Morgan fingerprint density at radius 3 is 2.62 bits per heavy atom. The van der Waals surface area contributed by atoms with Crippen molar-refractivity contribution in [2.45, 2.75) is 13.0 Å². The number of nitrogens with one attached hydrogen (secondary N) is 1. The average Bonchev–Trinajstić information content (AvgIpc) is 2.49. The van der Waals surface area contributed by atoms with Crippen molar-refractivity contribution in [2.24, 2.45) is 0 Å². The zero-order chi connectivity index (χ0) is 15.2. The molecule has 0 aliphatic carbocycles. The average molecular weight is 348 g/mol. The standard InChI is InChI=1S/C16H14BrNO3/c1-11(21-15-4-2-3-12(9-15)10-19)16(20)18-14-7-5-13(17)6-8-14/h2-11H,1H3,(H,18,20). The van der Waals surface area contributed by atoms with E-state index < -0.39 is 6.10 Å². The molecule has 0 fully saturated rings. The van der Waals surface area contributed by atoms with Crippen LogP contribution in [0.4, 0.5) is 5.69 Å². The van der Waals surface area contributed by atoms with Crippen LogP contribution in [0.5, 0.6) is 5.75 Å². The zero-order valence-corrected chi connectivity index (χ0v) is 13.0. The van der Waals surface area contributed by atoms with Gasteiger partial charge in [0.15, 0.2) is 6.10 Å². The van der Waals surface area contributed by atoms with E-state index in [2.05, 4.69) is 21.2 Å². The van der Waals surface area contributed by atoms with Crippen LogP contribution in [0.3, 0.4) is 0 Å². The molecule has 2 rings (SSSR count). The van der Waals surface area contributed by atoms with Crippen LogP contribution in [-0.4, -0.2) is 18.3 Å². The molecule has 0 spiro atoms. The fourth-order valence-corrected chi connectivity index (χ4v) is 1.96. The van der Waals surface area contributed by atoms with Crippen LogP contribution in [0, 0.1) is 0 Å². The summed E-state index contributed by atoms with van der Waals surface area (Å²) in [6.07, 6.45) is 0.0648. The molecule has 1 unspecified atom stereocenters. The van der Waals surface area contributed by atoms with E-state index in [1.54, 1.807) is 43.3 Å². The fraction of sp³-hybridized carbons (Fsp3) is 0.125. The molecule has 2 aromatic rings. The van der Waals surface area contributed by atoms with Crippen molar-refractivity contribution in [3.63, 3.8) is 0 Å². The highest BCUT2D eigenvalue weighted by Gasteiger charge is 2.15. The van der Waals surface area contributed by atoms with Crippen molar-refractivity contribution in [3.8, 4) is 5.75 Å². The first-order chi connectivity index (χ1) is 10.1. The van der Waals surface area contributed by atoms with Gasteiger partial charge in [-0.2, -0.15) is 0 Å². The fourth-order valence-electron chi connectivity index (χ4n) is 1.70. The van der Waals surface area contributed by atoms with E-state index in [0.29, 0.717) is 17.0 Å². The van der Waals surface area contributed by atoms with Crippen molar-refractivity contribution >= 4 is 33.8 Å². The lowest BCUT2D eigenvalue weighted by molar-refractivity contribution is -0.122. The molecule has 5 heteroatoms. The summed E-state index contributed by atoms with van der Waals surface area (Å²) in [6.45, 7) is 1.65. The maximum atomic E-state index is 12.0. The highest BCUT2D eigenvalue weighted by atomic mass is 79.9. The van der Waals surface area contributed by atoms with Crippen molar-refractivity contribution in [1.29, 1.82) is 0 Å². The van der Waals surface area contributed by atoms with Gasteiger partial charge in [-0.15, -0.1) is 0 Å². The monoisotopic (exact) mass is 347 g/mol. The molecule has 1 amide bonds. The Morgan fingerprint density at radius 1 is 1.24 bits per heavy atom. The number of carbonyl (C=O) groups is 2. The Labute approximate surface area is 131 Å². The molecule has 0 saturated heterocycles. The van der Waals surface area contributed by atoms with Crippen LogP contribution in [0.1, 0.15) is 17.3 Å². The lowest BCUT2D eigenvalue weighted by atomic mass is 10.2. The summed E-state index contributed by atoms with van der Waals surface area (Å²) in [4.78, 5) is 22.7. The molecular weight excluding hydrogens is 334 g/mol. The molecule has 108 valence electrons. The molecular formula is C16H14BrNO3. The molecule has 1 atom stereocenters. The second-order valence-corrected chi connectivity index (χ2v) is 5.36. The van der Waals surface area contributed by atoms with Crippen molar-refractivity contribution in [1.82, 2.24) is 0 Å². The first-order valence-electron chi connectivity index (χ1n) is 6.37. The lowest BCUT2D eigenvalue weighted by Crippen LogP contribution is -2.30. The van der Waals surface area contributed by atoms with E-state index in [1.807, 2.05) is 12.1 Å². The van der Waals surface area contributed by atoms with E-state index in [1.165, 1.54) is 0 Å².